The van der Waals surface area contributed by atoms with Gasteiger partial charge in [-0.05, 0) is 30.7 Å². The molecule has 1 aliphatic rings. The summed E-state index contributed by atoms with van der Waals surface area (Å²) in [6.45, 7) is 1.52. The third kappa shape index (κ3) is 3.79. The van der Waals surface area contributed by atoms with Crippen LogP contribution in [-0.4, -0.2) is 19.0 Å². The number of amides is 1. The Morgan fingerprint density at radius 1 is 1.26 bits per heavy atom. The van der Waals surface area contributed by atoms with Gasteiger partial charge in [0.25, 0.3) is 0 Å². The first-order valence-corrected chi connectivity index (χ1v) is 8.45. The van der Waals surface area contributed by atoms with Crippen LogP contribution < -0.4 is 10.6 Å². The van der Waals surface area contributed by atoms with Gasteiger partial charge in [0.15, 0.2) is 0 Å². The Morgan fingerprint density at radius 2 is 2.04 bits per heavy atom. The van der Waals surface area contributed by atoms with Gasteiger partial charge in [-0.2, -0.15) is 0 Å². The van der Waals surface area contributed by atoms with Crippen molar-refractivity contribution in [3.63, 3.8) is 0 Å². The lowest BCUT2D eigenvalue weighted by Crippen LogP contribution is -2.35. The summed E-state index contributed by atoms with van der Waals surface area (Å²) in [7, 11) is 0. The molecular formula is C18H18BrFN2O. The van der Waals surface area contributed by atoms with Crippen molar-refractivity contribution in [2.45, 2.75) is 12.5 Å². The molecule has 1 aliphatic heterocycles. The minimum Gasteiger partial charge on any atom is -0.345 e. The zero-order chi connectivity index (χ0) is 16.2. The van der Waals surface area contributed by atoms with E-state index < -0.39 is 6.04 Å². The van der Waals surface area contributed by atoms with Gasteiger partial charge in [0, 0.05) is 16.6 Å². The van der Waals surface area contributed by atoms with E-state index in [0.29, 0.717) is 16.6 Å². The second-order valence-corrected chi connectivity index (χ2v) is 6.62. The van der Waals surface area contributed by atoms with Crippen LogP contribution in [0.2, 0.25) is 0 Å². The van der Waals surface area contributed by atoms with Gasteiger partial charge in [0.05, 0.1) is 12.0 Å². The number of halogens is 2. The molecular weight excluding hydrogens is 359 g/mol. The van der Waals surface area contributed by atoms with Crippen LogP contribution >= 0.6 is 15.9 Å². The fraction of sp³-hybridized carbons (Fsp3) is 0.278. The molecule has 1 saturated heterocycles. The Morgan fingerprint density at radius 3 is 2.70 bits per heavy atom. The number of hydrogen-bond acceptors (Lipinski definition) is 2. The highest BCUT2D eigenvalue weighted by atomic mass is 79.9. The third-order valence-electron chi connectivity index (χ3n) is 4.12. The zero-order valence-corrected chi connectivity index (χ0v) is 14.1. The lowest BCUT2D eigenvalue weighted by molar-refractivity contribution is -0.124. The molecule has 0 radical (unpaired) electrons. The Labute approximate surface area is 143 Å². The van der Waals surface area contributed by atoms with Gasteiger partial charge in [-0.3, -0.25) is 4.79 Å². The van der Waals surface area contributed by atoms with Crippen molar-refractivity contribution < 1.29 is 9.18 Å². The maximum absolute atomic E-state index is 14.4. The van der Waals surface area contributed by atoms with Crippen molar-refractivity contribution >= 4 is 21.8 Å². The second-order valence-electron chi connectivity index (χ2n) is 5.71. The van der Waals surface area contributed by atoms with Crippen LogP contribution in [0.5, 0.6) is 0 Å². The van der Waals surface area contributed by atoms with Crippen molar-refractivity contribution in [2.75, 3.05) is 13.1 Å². The second kappa shape index (κ2) is 7.23. The highest BCUT2D eigenvalue weighted by molar-refractivity contribution is 9.10. The topological polar surface area (TPSA) is 41.1 Å². The Kier molecular flexibility index (Phi) is 5.08. The number of carbonyl (C=O) groups excluding carboxylic acids is 1. The average molecular weight is 377 g/mol. The van der Waals surface area contributed by atoms with Crippen molar-refractivity contribution in [1.82, 2.24) is 10.6 Å². The SMILES string of the molecule is O=C(NC(c1ccccc1)c1ccc(Br)cc1F)C1CCNC1. The molecule has 2 unspecified atom stereocenters. The van der Waals surface area contributed by atoms with Gasteiger partial charge in [0.2, 0.25) is 5.91 Å². The summed E-state index contributed by atoms with van der Waals surface area (Å²) in [5.74, 6) is -0.427. The third-order valence-corrected chi connectivity index (χ3v) is 4.62. The maximum atomic E-state index is 14.4. The van der Waals surface area contributed by atoms with E-state index in [1.54, 1.807) is 12.1 Å². The zero-order valence-electron chi connectivity index (χ0n) is 12.6. The highest BCUT2D eigenvalue weighted by Gasteiger charge is 2.27. The van der Waals surface area contributed by atoms with Crippen molar-refractivity contribution in [3.8, 4) is 0 Å². The summed E-state index contributed by atoms with van der Waals surface area (Å²) in [6, 6.07) is 13.9. The van der Waals surface area contributed by atoms with Crippen LogP contribution in [0.4, 0.5) is 4.39 Å². The van der Waals surface area contributed by atoms with E-state index >= 15 is 0 Å². The summed E-state index contributed by atoms with van der Waals surface area (Å²) in [6.07, 6.45) is 0.816. The molecule has 0 aliphatic carbocycles. The number of nitrogens with one attached hydrogen (secondary N) is 2. The molecule has 23 heavy (non-hydrogen) atoms. The first kappa shape index (κ1) is 16.1. The molecule has 0 spiro atoms. The molecule has 2 aromatic rings. The monoisotopic (exact) mass is 376 g/mol. The molecule has 2 aromatic carbocycles. The van der Waals surface area contributed by atoms with E-state index in [4.69, 9.17) is 0 Å². The lowest BCUT2D eigenvalue weighted by Gasteiger charge is -2.22. The van der Waals surface area contributed by atoms with Gasteiger partial charge >= 0.3 is 0 Å². The predicted octanol–water partition coefficient (Wildman–Crippen LogP) is 3.40. The molecule has 0 bridgehead atoms. The van der Waals surface area contributed by atoms with Crippen LogP contribution in [0.1, 0.15) is 23.6 Å². The van der Waals surface area contributed by atoms with Gasteiger partial charge < -0.3 is 10.6 Å². The summed E-state index contributed by atoms with van der Waals surface area (Å²) in [5.41, 5.74) is 1.34. The van der Waals surface area contributed by atoms with Crippen molar-refractivity contribution in [2.24, 2.45) is 5.92 Å². The van der Waals surface area contributed by atoms with Gasteiger partial charge in [-0.25, -0.2) is 4.39 Å². The van der Waals surface area contributed by atoms with E-state index in [2.05, 4.69) is 26.6 Å². The van der Waals surface area contributed by atoms with Gasteiger partial charge in [-0.1, -0.05) is 52.3 Å². The normalized spacial score (nSPS) is 18.6. The Hall–Kier alpha value is -1.72. The summed E-state index contributed by atoms with van der Waals surface area (Å²) in [4.78, 5) is 12.5. The maximum Gasteiger partial charge on any atom is 0.225 e. The van der Waals surface area contributed by atoms with Gasteiger partial charge in [0.1, 0.15) is 5.82 Å². The summed E-state index contributed by atoms with van der Waals surface area (Å²) in [5, 5.41) is 6.20. The lowest BCUT2D eigenvalue weighted by atomic mass is 9.97. The van der Waals surface area contributed by atoms with Crippen LogP contribution in [0.3, 0.4) is 0 Å². The molecule has 1 fully saturated rings. The number of hydrogen-bond donors (Lipinski definition) is 2. The molecule has 5 heteroatoms. The Balaban J connectivity index is 1.92. The summed E-state index contributed by atoms with van der Waals surface area (Å²) < 4.78 is 15.1. The number of carbonyl (C=O) groups is 1. The molecule has 120 valence electrons. The standard InChI is InChI=1S/C18H18BrFN2O/c19-14-6-7-15(16(20)10-14)17(12-4-2-1-3-5-12)22-18(23)13-8-9-21-11-13/h1-7,10,13,17,21H,8-9,11H2,(H,22,23). The smallest absolute Gasteiger partial charge is 0.225 e. The molecule has 2 atom stereocenters. The van der Waals surface area contributed by atoms with Crippen LogP contribution in [0.25, 0.3) is 0 Å². The fourth-order valence-corrected chi connectivity index (χ4v) is 3.19. The molecule has 0 aromatic heterocycles. The molecule has 3 rings (SSSR count). The minimum absolute atomic E-state index is 0.0360. The Bertz CT molecular complexity index is 687. The quantitative estimate of drug-likeness (QED) is 0.858. The summed E-state index contributed by atoms with van der Waals surface area (Å²) >= 11 is 3.27. The van der Waals surface area contributed by atoms with Crippen molar-refractivity contribution in [3.05, 3.63) is 69.9 Å². The van der Waals surface area contributed by atoms with E-state index in [-0.39, 0.29) is 17.6 Å². The molecule has 2 N–H and O–H groups in total. The van der Waals surface area contributed by atoms with Crippen LogP contribution in [0, 0.1) is 11.7 Å². The van der Waals surface area contributed by atoms with E-state index in [1.807, 2.05) is 30.3 Å². The van der Waals surface area contributed by atoms with E-state index in [0.717, 1.165) is 18.5 Å². The predicted molar refractivity (Wildman–Crippen MR) is 91.5 cm³/mol. The minimum atomic E-state index is -0.489. The van der Waals surface area contributed by atoms with Gasteiger partial charge in [-0.15, -0.1) is 0 Å². The van der Waals surface area contributed by atoms with Crippen molar-refractivity contribution in [1.29, 1.82) is 0 Å². The largest absolute Gasteiger partial charge is 0.345 e. The highest BCUT2D eigenvalue weighted by Crippen LogP contribution is 2.27. The average Bonchev–Trinajstić information content (AvgIpc) is 3.08. The molecule has 1 amide bonds. The number of rotatable bonds is 4. The van der Waals surface area contributed by atoms with E-state index in [9.17, 15) is 9.18 Å². The molecule has 0 saturated carbocycles. The fourth-order valence-electron chi connectivity index (χ4n) is 2.86. The van der Waals surface area contributed by atoms with Crippen LogP contribution in [0.15, 0.2) is 53.0 Å². The first-order valence-electron chi connectivity index (χ1n) is 7.66. The van der Waals surface area contributed by atoms with E-state index in [1.165, 1.54) is 6.07 Å². The molecule has 1 heterocycles. The first-order chi connectivity index (χ1) is 11.1. The van der Waals surface area contributed by atoms with Crippen LogP contribution in [-0.2, 0) is 4.79 Å². The number of benzene rings is 2. The molecule has 3 nitrogen and oxygen atoms in total.